The zero-order valence-electron chi connectivity index (χ0n) is 11.1. The first-order valence-electron chi connectivity index (χ1n) is 6.68. The van der Waals surface area contributed by atoms with Gasteiger partial charge in [0.1, 0.15) is 5.82 Å². The lowest BCUT2D eigenvalue weighted by molar-refractivity contribution is 0.199. The smallest absolute Gasteiger partial charge is 0.191 e. The lowest BCUT2D eigenvalue weighted by Gasteiger charge is -2.09. The second kappa shape index (κ2) is 4.71. The topological polar surface area (TPSA) is 52.3 Å². The maximum Gasteiger partial charge on any atom is 0.191 e. The fraction of sp³-hybridized carbons (Fsp3) is 0.357. The number of aromatic nitrogens is 4. The summed E-state index contributed by atoms with van der Waals surface area (Å²) in [6.07, 6.45) is 1.06. The Labute approximate surface area is 120 Å². The lowest BCUT2D eigenvalue weighted by atomic mass is 10.2. The SMILES string of the molecule is Cc1nc2c3ccccc3nc(SC3CCOC3)n2n1. The first kappa shape index (κ1) is 12.1. The van der Waals surface area contributed by atoms with Gasteiger partial charge in [-0.2, -0.15) is 4.52 Å². The summed E-state index contributed by atoms with van der Waals surface area (Å²) in [4.78, 5) is 9.29. The van der Waals surface area contributed by atoms with Gasteiger partial charge in [-0.25, -0.2) is 9.97 Å². The fourth-order valence-electron chi connectivity index (χ4n) is 2.46. The number of benzene rings is 1. The minimum Gasteiger partial charge on any atom is -0.380 e. The number of hydrogen-bond donors (Lipinski definition) is 0. The van der Waals surface area contributed by atoms with Crippen LogP contribution in [0.25, 0.3) is 16.6 Å². The molecule has 20 heavy (non-hydrogen) atoms. The molecule has 0 spiro atoms. The first-order chi connectivity index (χ1) is 9.81. The van der Waals surface area contributed by atoms with E-state index in [2.05, 4.69) is 10.1 Å². The largest absolute Gasteiger partial charge is 0.380 e. The van der Waals surface area contributed by atoms with Crippen LogP contribution in [0, 0.1) is 6.92 Å². The van der Waals surface area contributed by atoms with Gasteiger partial charge < -0.3 is 4.74 Å². The molecule has 4 rings (SSSR count). The Balaban J connectivity index is 1.92. The average molecular weight is 286 g/mol. The Morgan fingerprint density at radius 1 is 1.30 bits per heavy atom. The van der Waals surface area contributed by atoms with Gasteiger partial charge in [-0.15, -0.1) is 5.10 Å². The molecule has 2 aromatic heterocycles. The molecule has 5 nitrogen and oxygen atoms in total. The second-order valence-corrected chi connectivity index (χ2v) is 6.18. The molecule has 0 aliphatic carbocycles. The molecular formula is C14H14N4OS. The Morgan fingerprint density at radius 3 is 3.05 bits per heavy atom. The van der Waals surface area contributed by atoms with Crippen LogP contribution in [0.15, 0.2) is 29.4 Å². The van der Waals surface area contributed by atoms with Gasteiger partial charge in [-0.1, -0.05) is 23.9 Å². The van der Waals surface area contributed by atoms with Crippen molar-refractivity contribution in [1.82, 2.24) is 19.6 Å². The summed E-state index contributed by atoms with van der Waals surface area (Å²) in [6.45, 7) is 3.54. The molecule has 1 fully saturated rings. The lowest BCUT2D eigenvalue weighted by Crippen LogP contribution is -2.05. The molecular weight excluding hydrogens is 272 g/mol. The second-order valence-electron chi connectivity index (χ2n) is 4.91. The van der Waals surface area contributed by atoms with Crippen LogP contribution in [-0.4, -0.2) is 38.0 Å². The van der Waals surface area contributed by atoms with E-state index in [9.17, 15) is 0 Å². The maximum absolute atomic E-state index is 5.44. The molecule has 0 saturated carbocycles. The zero-order chi connectivity index (χ0) is 13.5. The van der Waals surface area contributed by atoms with Crippen molar-refractivity contribution in [3.63, 3.8) is 0 Å². The number of rotatable bonds is 2. The summed E-state index contributed by atoms with van der Waals surface area (Å²) in [5, 5.41) is 6.88. The number of fused-ring (bicyclic) bond motifs is 3. The first-order valence-corrected chi connectivity index (χ1v) is 7.56. The van der Waals surface area contributed by atoms with Crippen molar-refractivity contribution >= 4 is 28.3 Å². The molecule has 0 N–H and O–H groups in total. The molecule has 1 atom stereocenters. The molecule has 3 heterocycles. The van der Waals surface area contributed by atoms with Crippen LogP contribution in [0.1, 0.15) is 12.2 Å². The zero-order valence-corrected chi connectivity index (χ0v) is 11.9. The van der Waals surface area contributed by atoms with Gasteiger partial charge in [0.05, 0.1) is 12.1 Å². The average Bonchev–Trinajstić information content (AvgIpc) is 3.08. The molecule has 102 valence electrons. The fourth-order valence-corrected chi connectivity index (χ4v) is 3.52. The van der Waals surface area contributed by atoms with Crippen molar-refractivity contribution in [1.29, 1.82) is 0 Å². The van der Waals surface area contributed by atoms with E-state index in [0.29, 0.717) is 5.25 Å². The number of hydrogen-bond acceptors (Lipinski definition) is 5. The van der Waals surface area contributed by atoms with E-state index < -0.39 is 0 Å². The van der Waals surface area contributed by atoms with E-state index in [0.717, 1.165) is 47.2 Å². The van der Waals surface area contributed by atoms with Crippen LogP contribution in [0.4, 0.5) is 0 Å². The standard InChI is InChI=1S/C14H14N4OS/c1-9-15-13-11-4-2-3-5-12(11)16-14(18(13)17-9)20-10-6-7-19-8-10/h2-5,10H,6-8H2,1H3. The van der Waals surface area contributed by atoms with Crippen LogP contribution in [0.5, 0.6) is 0 Å². The number of para-hydroxylation sites is 1. The number of aryl methyl sites for hydroxylation is 1. The minimum atomic E-state index is 0.455. The van der Waals surface area contributed by atoms with Gasteiger partial charge in [0, 0.05) is 17.2 Å². The van der Waals surface area contributed by atoms with Crippen LogP contribution in [-0.2, 0) is 4.74 Å². The number of thioether (sulfide) groups is 1. The molecule has 0 amide bonds. The van der Waals surface area contributed by atoms with Crippen LogP contribution < -0.4 is 0 Å². The highest BCUT2D eigenvalue weighted by atomic mass is 32.2. The summed E-state index contributed by atoms with van der Waals surface area (Å²) in [5.74, 6) is 0.771. The molecule has 3 aromatic rings. The van der Waals surface area contributed by atoms with Gasteiger partial charge in [0.25, 0.3) is 0 Å². The molecule has 0 radical (unpaired) electrons. The maximum atomic E-state index is 5.44. The third-order valence-corrected chi connectivity index (χ3v) is 4.60. The normalized spacial score (nSPS) is 19.1. The molecule has 1 aliphatic rings. The van der Waals surface area contributed by atoms with Crippen molar-refractivity contribution in [2.45, 2.75) is 23.8 Å². The van der Waals surface area contributed by atoms with E-state index in [4.69, 9.17) is 9.72 Å². The molecule has 1 aliphatic heterocycles. The molecule has 1 unspecified atom stereocenters. The number of nitrogens with zero attached hydrogens (tertiary/aromatic N) is 4. The van der Waals surface area contributed by atoms with Crippen molar-refractivity contribution < 1.29 is 4.74 Å². The van der Waals surface area contributed by atoms with E-state index in [1.54, 1.807) is 11.8 Å². The Hall–Kier alpha value is -1.66. The van der Waals surface area contributed by atoms with Crippen molar-refractivity contribution in [3.05, 3.63) is 30.1 Å². The van der Waals surface area contributed by atoms with E-state index >= 15 is 0 Å². The predicted octanol–water partition coefficient (Wildman–Crippen LogP) is 2.47. The molecule has 1 aromatic carbocycles. The molecule has 6 heteroatoms. The van der Waals surface area contributed by atoms with Crippen molar-refractivity contribution in [2.75, 3.05) is 13.2 Å². The summed E-state index contributed by atoms with van der Waals surface area (Å²) in [6, 6.07) is 8.07. The molecule has 1 saturated heterocycles. The van der Waals surface area contributed by atoms with Crippen LogP contribution >= 0.6 is 11.8 Å². The van der Waals surface area contributed by atoms with Crippen LogP contribution in [0.2, 0.25) is 0 Å². The predicted molar refractivity (Wildman–Crippen MR) is 78.1 cm³/mol. The summed E-state index contributed by atoms with van der Waals surface area (Å²) < 4.78 is 7.30. The van der Waals surface area contributed by atoms with Gasteiger partial charge >= 0.3 is 0 Å². The quantitative estimate of drug-likeness (QED) is 0.677. The summed E-state index contributed by atoms with van der Waals surface area (Å²) in [5.41, 5.74) is 1.85. The van der Waals surface area contributed by atoms with Crippen molar-refractivity contribution in [2.24, 2.45) is 0 Å². The monoisotopic (exact) mass is 286 g/mol. The highest BCUT2D eigenvalue weighted by Crippen LogP contribution is 2.29. The van der Waals surface area contributed by atoms with E-state index in [1.807, 2.05) is 35.7 Å². The minimum absolute atomic E-state index is 0.455. The third kappa shape index (κ3) is 1.96. The third-order valence-electron chi connectivity index (χ3n) is 3.42. The Bertz CT molecular complexity index is 779. The van der Waals surface area contributed by atoms with Crippen LogP contribution in [0.3, 0.4) is 0 Å². The highest BCUT2D eigenvalue weighted by molar-refractivity contribution is 7.99. The van der Waals surface area contributed by atoms with Gasteiger partial charge in [-0.05, 0) is 25.5 Å². The van der Waals surface area contributed by atoms with Gasteiger partial charge in [0.2, 0.25) is 0 Å². The summed E-state index contributed by atoms with van der Waals surface area (Å²) >= 11 is 1.73. The van der Waals surface area contributed by atoms with E-state index in [-0.39, 0.29) is 0 Å². The highest BCUT2D eigenvalue weighted by Gasteiger charge is 2.20. The Morgan fingerprint density at radius 2 is 2.20 bits per heavy atom. The van der Waals surface area contributed by atoms with E-state index in [1.165, 1.54) is 0 Å². The van der Waals surface area contributed by atoms with Crippen molar-refractivity contribution in [3.8, 4) is 0 Å². The van der Waals surface area contributed by atoms with Gasteiger partial charge in [0.15, 0.2) is 10.8 Å². The van der Waals surface area contributed by atoms with Gasteiger partial charge in [-0.3, -0.25) is 0 Å². The summed E-state index contributed by atoms with van der Waals surface area (Å²) in [7, 11) is 0. The number of ether oxygens (including phenoxy) is 1. The Kier molecular flexibility index (Phi) is 2.85. The molecule has 0 bridgehead atoms.